The Hall–Kier alpha value is -1.62. The van der Waals surface area contributed by atoms with Gasteiger partial charge in [0.05, 0.1) is 17.7 Å². The molecule has 1 saturated heterocycles. The quantitative estimate of drug-likeness (QED) is 0.640. The first-order valence-electron chi connectivity index (χ1n) is 9.28. The zero-order chi connectivity index (χ0) is 21.0. The van der Waals surface area contributed by atoms with Gasteiger partial charge in [-0.1, -0.05) is 29.4 Å². The topological polar surface area (TPSA) is 97.2 Å². The molecule has 0 bridgehead atoms. The van der Waals surface area contributed by atoms with E-state index < -0.39 is 10.0 Å². The van der Waals surface area contributed by atoms with Crippen LogP contribution >= 0.6 is 23.4 Å². The number of sulfonamides is 1. The molecule has 1 N–H and O–H groups in total. The summed E-state index contributed by atoms with van der Waals surface area (Å²) in [6.07, 6.45) is 5.41. The average molecular weight is 458 g/mol. The second-order valence-corrected chi connectivity index (χ2v) is 10.2. The Morgan fingerprint density at radius 3 is 2.90 bits per heavy atom. The highest BCUT2D eigenvalue weighted by Crippen LogP contribution is 2.25. The van der Waals surface area contributed by atoms with Gasteiger partial charge in [0.15, 0.2) is 5.16 Å². The molecule has 3 rings (SSSR count). The molecule has 1 amide bonds. The van der Waals surface area contributed by atoms with Gasteiger partial charge in [-0.25, -0.2) is 13.1 Å². The van der Waals surface area contributed by atoms with Crippen LogP contribution in [-0.2, 0) is 14.8 Å². The van der Waals surface area contributed by atoms with E-state index in [-0.39, 0.29) is 24.2 Å². The van der Waals surface area contributed by atoms with Crippen molar-refractivity contribution in [2.45, 2.75) is 37.4 Å². The van der Waals surface area contributed by atoms with E-state index in [1.165, 1.54) is 11.8 Å². The van der Waals surface area contributed by atoms with Crippen molar-refractivity contribution in [3.8, 4) is 5.69 Å². The smallest absolute Gasteiger partial charge is 0.233 e. The van der Waals surface area contributed by atoms with Gasteiger partial charge in [0, 0.05) is 24.2 Å². The van der Waals surface area contributed by atoms with E-state index in [9.17, 15) is 13.2 Å². The van der Waals surface area contributed by atoms with Gasteiger partial charge in [0.2, 0.25) is 15.9 Å². The fourth-order valence-corrected chi connectivity index (χ4v) is 4.71. The number of carbonyl (C=O) groups is 1. The Morgan fingerprint density at radius 2 is 2.17 bits per heavy atom. The third-order valence-corrected chi connectivity index (χ3v) is 6.83. The molecule has 29 heavy (non-hydrogen) atoms. The van der Waals surface area contributed by atoms with Crippen LogP contribution in [0.25, 0.3) is 5.69 Å². The molecule has 1 aliphatic heterocycles. The number of hydrogen-bond donors (Lipinski definition) is 1. The minimum absolute atomic E-state index is 0.0357. The maximum absolute atomic E-state index is 12.8. The number of thioether (sulfide) groups is 1. The van der Waals surface area contributed by atoms with Gasteiger partial charge in [-0.15, -0.1) is 10.2 Å². The number of halogens is 1. The highest BCUT2D eigenvalue weighted by Gasteiger charge is 2.27. The second-order valence-electron chi connectivity index (χ2n) is 7.06. The zero-order valence-corrected chi connectivity index (χ0v) is 18.7. The van der Waals surface area contributed by atoms with Crippen LogP contribution in [0.5, 0.6) is 0 Å². The van der Waals surface area contributed by atoms with Crippen LogP contribution in [0.1, 0.15) is 24.8 Å². The van der Waals surface area contributed by atoms with E-state index in [1.807, 2.05) is 25.1 Å². The first-order chi connectivity index (χ1) is 13.7. The summed E-state index contributed by atoms with van der Waals surface area (Å²) in [6, 6.07) is 5.56. The van der Waals surface area contributed by atoms with E-state index in [1.54, 1.807) is 15.8 Å². The summed E-state index contributed by atoms with van der Waals surface area (Å²) < 4.78 is 27.1. The third-order valence-electron chi connectivity index (χ3n) is 4.80. The summed E-state index contributed by atoms with van der Waals surface area (Å²) in [7, 11) is -3.29. The lowest BCUT2D eigenvalue weighted by molar-refractivity contribution is -0.131. The summed E-state index contributed by atoms with van der Waals surface area (Å²) in [5.74, 6) is 0.166. The van der Waals surface area contributed by atoms with Crippen LogP contribution < -0.4 is 4.72 Å². The standard InChI is InChI=1S/C18H24ClN5O3S2/c1-13-6-7-14(9-16(13)19)24-12-20-22-18(24)28-11-17(25)23-8-4-3-5-15(23)10-21-29(2,26)27/h6-7,9,12,15,21H,3-5,8,10-11H2,1-2H3. The number of nitrogens with zero attached hydrogens (tertiary/aromatic N) is 4. The van der Waals surface area contributed by atoms with Crippen molar-refractivity contribution in [2.24, 2.45) is 0 Å². The molecule has 1 aliphatic rings. The molecule has 0 aliphatic carbocycles. The van der Waals surface area contributed by atoms with Crippen LogP contribution in [-0.4, -0.2) is 65.1 Å². The van der Waals surface area contributed by atoms with E-state index in [4.69, 9.17) is 11.6 Å². The predicted molar refractivity (Wildman–Crippen MR) is 114 cm³/mol. The van der Waals surface area contributed by atoms with Gasteiger partial charge in [-0.2, -0.15) is 0 Å². The Bertz CT molecular complexity index is 980. The highest BCUT2D eigenvalue weighted by molar-refractivity contribution is 7.99. The van der Waals surface area contributed by atoms with E-state index in [2.05, 4.69) is 14.9 Å². The summed E-state index contributed by atoms with van der Waals surface area (Å²) >= 11 is 7.52. The molecule has 11 heteroatoms. The van der Waals surface area contributed by atoms with E-state index in [0.29, 0.717) is 16.7 Å². The Labute approximate surface area is 180 Å². The zero-order valence-electron chi connectivity index (χ0n) is 16.3. The molecule has 1 fully saturated rings. The van der Waals surface area contributed by atoms with Crippen molar-refractivity contribution >= 4 is 39.3 Å². The van der Waals surface area contributed by atoms with Crippen LogP contribution in [0, 0.1) is 6.92 Å². The first kappa shape index (κ1) is 22.1. The summed E-state index contributed by atoms with van der Waals surface area (Å²) in [4.78, 5) is 14.6. The second kappa shape index (κ2) is 9.46. The van der Waals surface area contributed by atoms with Gasteiger partial charge in [-0.05, 0) is 43.9 Å². The van der Waals surface area contributed by atoms with Gasteiger partial charge >= 0.3 is 0 Å². The van der Waals surface area contributed by atoms with Crippen molar-refractivity contribution in [1.29, 1.82) is 0 Å². The Kier molecular flexibility index (Phi) is 7.20. The molecular formula is C18H24ClN5O3S2. The molecule has 1 aromatic heterocycles. The molecule has 8 nitrogen and oxygen atoms in total. The number of likely N-dealkylation sites (tertiary alicyclic amines) is 1. The van der Waals surface area contributed by atoms with Crippen molar-refractivity contribution in [3.63, 3.8) is 0 Å². The number of piperidine rings is 1. The van der Waals surface area contributed by atoms with Crippen molar-refractivity contribution in [1.82, 2.24) is 24.4 Å². The number of benzene rings is 1. The van der Waals surface area contributed by atoms with Crippen LogP contribution in [0.3, 0.4) is 0 Å². The predicted octanol–water partition coefficient (Wildman–Crippen LogP) is 2.25. The molecular weight excluding hydrogens is 434 g/mol. The Morgan fingerprint density at radius 1 is 1.38 bits per heavy atom. The molecule has 0 spiro atoms. The van der Waals surface area contributed by atoms with Crippen molar-refractivity contribution in [2.75, 3.05) is 25.1 Å². The summed E-state index contributed by atoms with van der Waals surface area (Å²) in [5, 5.41) is 9.33. The molecule has 158 valence electrons. The lowest BCUT2D eigenvalue weighted by Gasteiger charge is -2.35. The summed E-state index contributed by atoms with van der Waals surface area (Å²) in [5.41, 5.74) is 1.81. The highest BCUT2D eigenvalue weighted by atomic mass is 35.5. The number of carbonyl (C=O) groups excluding carboxylic acids is 1. The first-order valence-corrected chi connectivity index (χ1v) is 12.5. The lowest BCUT2D eigenvalue weighted by atomic mass is 10.0. The monoisotopic (exact) mass is 457 g/mol. The molecule has 1 unspecified atom stereocenters. The minimum atomic E-state index is -3.29. The molecule has 2 aromatic rings. The fraction of sp³-hybridized carbons (Fsp3) is 0.500. The van der Waals surface area contributed by atoms with Crippen LogP contribution in [0.15, 0.2) is 29.7 Å². The van der Waals surface area contributed by atoms with Gasteiger partial charge in [0.25, 0.3) is 0 Å². The fourth-order valence-electron chi connectivity index (χ4n) is 3.23. The summed E-state index contributed by atoms with van der Waals surface area (Å²) in [6.45, 7) is 2.81. The number of rotatable bonds is 7. The van der Waals surface area contributed by atoms with Gasteiger partial charge in [-0.3, -0.25) is 9.36 Å². The van der Waals surface area contributed by atoms with Crippen molar-refractivity contribution < 1.29 is 13.2 Å². The molecule has 2 heterocycles. The maximum atomic E-state index is 12.8. The van der Waals surface area contributed by atoms with Crippen molar-refractivity contribution in [3.05, 3.63) is 35.1 Å². The maximum Gasteiger partial charge on any atom is 0.233 e. The van der Waals surface area contributed by atoms with Crippen LogP contribution in [0.4, 0.5) is 0 Å². The normalized spacial score (nSPS) is 17.5. The molecule has 1 atom stereocenters. The largest absolute Gasteiger partial charge is 0.338 e. The number of hydrogen-bond acceptors (Lipinski definition) is 6. The Balaban J connectivity index is 1.65. The average Bonchev–Trinajstić information content (AvgIpc) is 3.15. The number of nitrogens with one attached hydrogen (secondary N) is 1. The minimum Gasteiger partial charge on any atom is -0.338 e. The molecule has 0 saturated carbocycles. The SMILES string of the molecule is Cc1ccc(-n2cnnc2SCC(=O)N2CCCCC2CNS(C)(=O)=O)cc1Cl. The molecule has 1 aromatic carbocycles. The van der Waals surface area contributed by atoms with Gasteiger partial charge in [0.1, 0.15) is 6.33 Å². The molecule has 0 radical (unpaired) electrons. The van der Waals surface area contributed by atoms with E-state index >= 15 is 0 Å². The lowest BCUT2D eigenvalue weighted by Crippen LogP contribution is -2.49. The van der Waals surface area contributed by atoms with Gasteiger partial charge < -0.3 is 4.90 Å². The third kappa shape index (κ3) is 5.94. The number of aryl methyl sites for hydroxylation is 1. The number of aromatic nitrogens is 3. The van der Waals surface area contributed by atoms with E-state index in [0.717, 1.165) is 36.8 Å². The van der Waals surface area contributed by atoms with Crippen LogP contribution in [0.2, 0.25) is 5.02 Å². The number of amides is 1.